The molecule has 0 radical (unpaired) electrons. The molecule has 0 spiro atoms. The van der Waals surface area contributed by atoms with Crippen LogP contribution in [0.15, 0.2) is 78.9 Å². The van der Waals surface area contributed by atoms with E-state index in [1.807, 2.05) is 0 Å². The Balaban J connectivity index is 2.02. The third-order valence-corrected chi connectivity index (χ3v) is 6.05. The fraction of sp³-hybridized carbons (Fsp3) is 0.286. The maximum Gasteiger partial charge on any atom is 0.416 e. The van der Waals surface area contributed by atoms with E-state index in [1.54, 1.807) is 60.7 Å². The van der Waals surface area contributed by atoms with Crippen LogP contribution < -0.4 is 0 Å². The molecule has 0 fully saturated rings. The zero-order valence-corrected chi connectivity index (χ0v) is 20.8. The van der Waals surface area contributed by atoms with E-state index >= 15 is 0 Å². The molecule has 0 aliphatic heterocycles. The smallest absolute Gasteiger partial charge is 0.416 e. The first-order valence-corrected chi connectivity index (χ1v) is 11.9. The number of hydrogen-bond donors (Lipinski definition) is 2. The Labute approximate surface area is 225 Å². The number of rotatable bonds is 12. The average Bonchev–Trinajstić information content (AvgIpc) is 2.87. The summed E-state index contributed by atoms with van der Waals surface area (Å²) in [6.45, 7) is -2.50. The summed E-state index contributed by atoms with van der Waals surface area (Å²) in [6, 6.07) is 17.5. The van der Waals surface area contributed by atoms with Gasteiger partial charge in [0.1, 0.15) is 0 Å². The zero-order valence-electron chi connectivity index (χ0n) is 20.8. The lowest BCUT2D eigenvalue weighted by Gasteiger charge is -2.36. The monoisotopic (exact) mass is 569 g/mol. The van der Waals surface area contributed by atoms with Crippen molar-refractivity contribution in [2.75, 3.05) is 19.7 Å². The molecule has 0 unspecified atom stereocenters. The van der Waals surface area contributed by atoms with Gasteiger partial charge < -0.3 is 14.9 Å². The molecule has 3 rings (SSSR count). The predicted octanol–water partition coefficient (Wildman–Crippen LogP) is 5.91. The largest absolute Gasteiger partial charge is 0.480 e. The van der Waals surface area contributed by atoms with Gasteiger partial charge in [0.05, 0.1) is 37.4 Å². The molecule has 214 valence electrons. The van der Waals surface area contributed by atoms with Crippen LogP contribution in [0, 0.1) is 0 Å². The molecule has 3 aromatic rings. The van der Waals surface area contributed by atoms with E-state index in [2.05, 4.69) is 0 Å². The van der Waals surface area contributed by atoms with Gasteiger partial charge in [0, 0.05) is 12.0 Å². The molecule has 3 aromatic carbocycles. The fourth-order valence-electron chi connectivity index (χ4n) is 4.41. The van der Waals surface area contributed by atoms with Crippen LogP contribution in [0.5, 0.6) is 0 Å². The SMILES string of the molecule is O=C(O)CN(CC(=O)O)[C@H](COCc1cc(C(F)(F)F)cc(C(F)(F)F)c1)C(c1ccccc1)c1ccccc1. The summed E-state index contributed by atoms with van der Waals surface area (Å²) < 4.78 is 85.4. The molecular weight excluding hydrogens is 544 g/mol. The molecule has 0 saturated carbocycles. The van der Waals surface area contributed by atoms with Gasteiger partial charge in [0.2, 0.25) is 0 Å². The summed E-state index contributed by atoms with van der Waals surface area (Å²) >= 11 is 0. The molecule has 0 saturated heterocycles. The van der Waals surface area contributed by atoms with Crippen molar-refractivity contribution in [3.63, 3.8) is 0 Å². The summed E-state index contributed by atoms with van der Waals surface area (Å²) in [5.41, 5.74) is -2.06. The van der Waals surface area contributed by atoms with Crippen LogP contribution in [0.4, 0.5) is 26.3 Å². The topological polar surface area (TPSA) is 87.1 Å². The Kier molecular flexibility index (Phi) is 9.93. The molecule has 0 amide bonds. The van der Waals surface area contributed by atoms with Gasteiger partial charge in [-0.3, -0.25) is 14.5 Å². The zero-order chi connectivity index (χ0) is 29.5. The van der Waals surface area contributed by atoms with Crippen LogP contribution in [0.25, 0.3) is 0 Å². The molecule has 2 N–H and O–H groups in total. The van der Waals surface area contributed by atoms with Gasteiger partial charge in [-0.2, -0.15) is 26.3 Å². The molecule has 0 aliphatic carbocycles. The van der Waals surface area contributed by atoms with E-state index in [0.29, 0.717) is 23.3 Å². The summed E-state index contributed by atoms with van der Waals surface area (Å²) in [5, 5.41) is 19.0. The second kappa shape index (κ2) is 13.0. The molecule has 0 aliphatic rings. The molecule has 0 bridgehead atoms. The molecule has 1 atom stereocenters. The molecule has 6 nitrogen and oxygen atoms in total. The summed E-state index contributed by atoms with van der Waals surface area (Å²) in [7, 11) is 0. The van der Waals surface area contributed by atoms with Gasteiger partial charge in [-0.1, -0.05) is 60.7 Å². The number of carboxylic acids is 2. The van der Waals surface area contributed by atoms with Crippen molar-refractivity contribution < 1.29 is 50.9 Å². The van der Waals surface area contributed by atoms with E-state index in [1.165, 1.54) is 0 Å². The van der Waals surface area contributed by atoms with Gasteiger partial charge in [-0.15, -0.1) is 0 Å². The Morgan fingerprint density at radius 3 is 1.52 bits per heavy atom. The van der Waals surface area contributed by atoms with Gasteiger partial charge in [-0.05, 0) is 34.9 Å². The minimum atomic E-state index is -5.04. The third kappa shape index (κ3) is 8.55. The minimum absolute atomic E-state index is 0.00853. The van der Waals surface area contributed by atoms with Crippen LogP contribution in [0.2, 0.25) is 0 Å². The van der Waals surface area contributed by atoms with Crippen molar-refractivity contribution in [1.29, 1.82) is 0 Å². The number of aliphatic carboxylic acids is 2. The van der Waals surface area contributed by atoms with Crippen molar-refractivity contribution in [3.05, 3.63) is 107 Å². The second-order valence-corrected chi connectivity index (χ2v) is 8.99. The Hall–Kier alpha value is -3.90. The summed E-state index contributed by atoms with van der Waals surface area (Å²) in [6.07, 6.45) is -10.1. The number of carboxylic acid groups (broad SMARTS) is 2. The number of ether oxygens (including phenoxy) is 1. The molecule has 40 heavy (non-hydrogen) atoms. The normalized spacial score (nSPS) is 13.0. The van der Waals surface area contributed by atoms with E-state index in [0.717, 1.165) is 4.90 Å². The first-order chi connectivity index (χ1) is 18.8. The fourth-order valence-corrected chi connectivity index (χ4v) is 4.41. The van der Waals surface area contributed by atoms with Crippen LogP contribution in [-0.4, -0.2) is 52.8 Å². The van der Waals surface area contributed by atoms with Gasteiger partial charge in [0.25, 0.3) is 0 Å². The van der Waals surface area contributed by atoms with Crippen molar-refractivity contribution >= 4 is 11.9 Å². The maximum absolute atomic E-state index is 13.3. The maximum atomic E-state index is 13.3. The third-order valence-electron chi connectivity index (χ3n) is 6.05. The van der Waals surface area contributed by atoms with E-state index in [9.17, 15) is 46.1 Å². The highest BCUT2D eigenvalue weighted by Gasteiger charge is 2.37. The Morgan fingerprint density at radius 1 is 0.725 bits per heavy atom. The van der Waals surface area contributed by atoms with Crippen molar-refractivity contribution in [2.45, 2.75) is 30.9 Å². The summed E-state index contributed by atoms with van der Waals surface area (Å²) in [5.74, 6) is -3.33. The number of carbonyl (C=O) groups is 2. The Bertz CT molecular complexity index is 1190. The quantitative estimate of drug-likeness (QED) is 0.264. The van der Waals surface area contributed by atoms with Crippen LogP contribution >= 0.6 is 0 Å². The number of nitrogens with zero attached hydrogens (tertiary/aromatic N) is 1. The van der Waals surface area contributed by atoms with Gasteiger partial charge >= 0.3 is 24.3 Å². The molecule has 12 heteroatoms. The second-order valence-electron chi connectivity index (χ2n) is 8.99. The van der Waals surface area contributed by atoms with E-state index in [4.69, 9.17) is 4.74 Å². The first-order valence-electron chi connectivity index (χ1n) is 11.9. The highest BCUT2D eigenvalue weighted by Crippen LogP contribution is 2.37. The lowest BCUT2D eigenvalue weighted by Crippen LogP contribution is -2.48. The lowest BCUT2D eigenvalue weighted by molar-refractivity contribution is -0.145. The highest BCUT2D eigenvalue weighted by atomic mass is 19.4. The summed E-state index contributed by atoms with van der Waals surface area (Å²) in [4.78, 5) is 24.5. The minimum Gasteiger partial charge on any atom is -0.480 e. The number of hydrogen-bond acceptors (Lipinski definition) is 4. The van der Waals surface area contributed by atoms with Crippen molar-refractivity contribution in [3.8, 4) is 0 Å². The standard InChI is InChI=1S/C28H25F6NO5/c29-27(30,31)21-11-18(12-22(13-21)28(32,33)34)16-40-17-23(35(14-24(36)37)15-25(38)39)26(19-7-3-1-4-8-19)20-9-5-2-6-10-20/h1-13,23,26H,14-17H2,(H,36,37)(H,38,39)/t23-/m1/s1. The van der Waals surface area contributed by atoms with E-state index in [-0.39, 0.29) is 6.07 Å². The average molecular weight is 569 g/mol. The van der Waals surface area contributed by atoms with Crippen LogP contribution in [0.3, 0.4) is 0 Å². The number of halogens is 6. The highest BCUT2D eigenvalue weighted by molar-refractivity contribution is 5.72. The van der Waals surface area contributed by atoms with Crippen LogP contribution in [-0.2, 0) is 33.3 Å². The Morgan fingerprint density at radius 2 is 1.15 bits per heavy atom. The first kappa shape index (κ1) is 30.6. The number of alkyl halides is 6. The van der Waals surface area contributed by atoms with Crippen molar-refractivity contribution in [1.82, 2.24) is 4.90 Å². The van der Waals surface area contributed by atoms with Gasteiger partial charge in [0.15, 0.2) is 0 Å². The van der Waals surface area contributed by atoms with Crippen molar-refractivity contribution in [2.24, 2.45) is 0 Å². The predicted molar refractivity (Wildman–Crippen MR) is 131 cm³/mol. The van der Waals surface area contributed by atoms with Gasteiger partial charge in [-0.25, -0.2) is 0 Å². The number of benzene rings is 3. The molecule has 0 aromatic heterocycles. The van der Waals surface area contributed by atoms with Crippen LogP contribution in [0.1, 0.15) is 33.7 Å². The van der Waals surface area contributed by atoms with E-state index < -0.39 is 79.2 Å². The molecule has 0 heterocycles. The molecular formula is C28H25F6NO5. The lowest BCUT2D eigenvalue weighted by atomic mass is 9.84.